The van der Waals surface area contributed by atoms with E-state index in [1.165, 1.54) is 11.8 Å². The van der Waals surface area contributed by atoms with E-state index in [4.69, 9.17) is 17.2 Å². The fourth-order valence-electron chi connectivity index (χ4n) is 3.45. The molecule has 0 aliphatic carbocycles. The third kappa shape index (κ3) is 15.0. The Kier molecular flexibility index (Phi) is 18.3. The van der Waals surface area contributed by atoms with Crippen LogP contribution in [-0.2, 0) is 19.2 Å². The average molecular weight is 519 g/mol. The van der Waals surface area contributed by atoms with Crippen molar-refractivity contribution in [3.63, 3.8) is 0 Å². The molecule has 35 heavy (non-hydrogen) atoms. The second-order valence-corrected chi connectivity index (χ2v) is 10.1. The van der Waals surface area contributed by atoms with Gasteiger partial charge in [0.05, 0.1) is 6.04 Å². The summed E-state index contributed by atoms with van der Waals surface area (Å²) in [6, 6.07) is -3.65. The van der Waals surface area contributed by atoms with Gasteiger partial charge < -0.3 is 38.3 Å². The summed E-state index contributed by atoms with van der Waals surface area (Å²) in [4.78, 5) is 50.2. The molecule has 0 fully saturated rings. The maximum atomic E-state index is 13.1. The number of amides is 3. The summed E-state index contributed by atoms with van der Waals surface area (Å²) in [5, 5.41) is 17.4. The molecule has 11 nitrogen and oxygen atoms in total. The molecule has 0 spiro atoms. The van der Waals surface area contributed by atoms with E-state index in [0.29, 0.717) is 63.8 Å². The molecule has 3 amide bonds. The SMILES string of the molecule is CSCCC(NC(=O)C(CCCCN)NC(=O)C(CCCCN)NC(=O)C(N)CC(C)C)C(=O)O. The molecule has 0 aromatic rings. The minimum absolute atomic E-state index is 0.212. The second kappa shape index (κ2) is 19.3. The van der Waals surface area contributed by atoms with Gasteiger partial charge in [-0.3, -0.25) is 14.4 Å². The Morgan fingerprint density at radius 1 is 0.771 bits per heavy atom. The van der Waals surface area contributed by atoms with Gasteiger partial charge in [-0.1, -0.05) is 13.8 Å². The molecule has 0 aliphatic rings. The molecule has 0 heterocycles. The number of rotatable bonds is 20. The lowest BCUT2D eigenvalue weighted by Gasteiger charge is -2.25. The largest absolute Gasteiger partial charge is 0.480 e. The number of aliphatic carboxylic acids is 1. The van der Waals surface area contributed by atoms with Crippen molar-refractivity contribution in [1.82, 2.24) is 16.0 Å². The van der Waals surface area contributed by atoms with Crippen LogP contribution in [0, 0.1) is 5.92 Å². The average Bonchev–Trinajstić information content (AvgIpc) is 2.79. The van der Waals surface area contributed by atoms with Crippen LogP contribution in [0.1, 0.15) is 65.2 Å². The van der Waals surface area contributed by atoms with Crippen LogP contribution < -0.4 is 33.2 Å². The summed E-state index contributed by atoms with van der Waals surface area (Å²) >= 11 is 1.48. The summed E-state index contributed by atoms with van der Waals surface area (Å²) in [5.74, 6) is -1.88. The van der Waals surface area contributed by atoms with E-state index < -0.39 is 47.9 Å². The Bertz CT molecular complexity index is 652. The summed E-state index contributed by atoms with van der Waals surface area (Å²) in [5.41, 5.74) is 17.1. The van der Waals surface area contributed by atoms with Crippen LogP contribution >= 0.6 is 11.8 Å². The highest BCUT2D eigenvalue weighted by Crippen LogP contribution is 2.09. The van der Waals surface area contributed by atoms with Gasteiger partial charge in [0, 0.05) is 0 Å². The van der Waals surface area contributed by atoms with Crippen molar-refractivity contribution in [2.45, 2.75) is 89.4 Å². The summed E-state index contributed by atoms with van der Waals surface area (Å²) in [6.45, 7) is 4.78. The minimum Gasteiger partial charge on any atom is -0.480 e. The summed E-state index contributed by atoms with van der Waals surface area (Å²) in [6.07, 6.45) is 5.71. The van der Waals surface area contributed by atoms with Crippen molar-refractivity contribution in [1.29, 1.82) is 0 Å². The first-order valence-electron chi connectivity index (χ1n) is 12.4. The van der Waals surface area contributed by atoms with Crippen LogP contribution in [0.25, 0.3) is 0 Å². The lowest BCUT2D eigenvalue weighted by atomic mass is 10.0. The highest BCUT2D eigenvalue weighted by Gasteiger charge is 2.30. The van der Waals surface area contributed by atoms with E-state index >= 15 is 0 Å². The fraction of sp³-hybridized carbons (Fsp3) is 0.826. The van der Waals surface area contributed by atoms with E-state index in [1.54, 1.807) is 0 Å². The van der Waals surface area contributed by atoms with Crippen LogP contribution in [0.3, 0.4) is 0 Å². The zero-order valence-corrected chi connectivity index (χ0v) is 22.2. The summed E-state index contributed by atoms with van der Waals surface area (Å²) in [7, 11) is 0. The number of nitrogens with one attached hydrogen (secondary N) is 3. The van der Waals surface area contributed by atoms with Crippen LogP contribution in [0.2, 0.25) is 0 Å². The molecule has 0 aliphatic heterocycles. The third-order valence-corrected chi connectivity index (χ3v) is 6.09. The van der Waals surface area contributed by atoms with Gasteiger partial charge in [-0.25, -0.2) is 4.79 Å². The molecule has 0 aromatic heterocycles. The number of thioether (sulfide) groups is 1. The number of unbranched alkanes of at least 4 members (excludes halogenated alkanes) is 2. The smallest absolute Gasteiger partial charge is 0.326 e. The Morgan fingerprint density at radius 3 is 1.63 bits per heavy atom. The normalized spacial score (nSPS) is 14.6. The van der Waals surface area contributed by atoms with E-state index in [1.807, 2.05) is 20.1 Å². The number of nitrogens with two attached hydrogens (primary N) is 3. The fourth-order valence-corrected chi connectivity index (χ4v) is 3.93. The van der Waals surface area contributed by atoms with Gasteiger partial charge >= 0.3 is 5.97 Å². The first-order valence-corrected chi connectivity index (χ1v) is 13.7. The molecule has 204 valence electrons. The van der Waals surface area contributed by atoms with Gasteiger partial charge in [-0.2, -0.15) is 11.8 Å². The Morgan fingerprint density at radius 2 is 1.23 bits per heavy atom. The molecule has 0 rings (SSSR count). The lowest BCUT2D eigenvalue weighted by molar-refractivity contribution is -0.142. The van der Waals surface area contributed by atoms with E-state index in [0.717, 1.165) is 0 Å². The third-order valence-electron chi connectivity index (χ3n) is 5.45. The molecule has 0 radical (unpaired) electrons. The Labute approximate surface area is 213 Å². The van der Waals surface area contributed by atoms with Crippen LogP contribution in [-0.4, -0.2) is 78.1 Å². The Hall–Kier alpha value is -1.89. The molecule has 4 unspecified atom stereocenters. The van der Waals surface area contributed by atoms with Crippen LogP contribution in [0.15, 0.2) is 0 Å². The maximum absolute atomic E-state index is 13.1. The van der Waals surface area contributed by atoms with Gasteiger partial charge in [-0.05, 0) is 82.4 Å². The second-order valence-electron chi connectivity index (χ2n) is 9.11. The number of carbonyl (C=O) groups is 4. The van der Waals surface area contributed by atoms with Crippen molar-refractivity contribution in [2.75, 3.05) is 25.1 Å². The van der Waals surface area contributed by atoms with Gasteiger partial charge in [-0.15, -0.1) is 0 Å². The highest BCUT2D eigenvalue weighted by molar-refractivity contribution is 7.98. The zero-order valence-electron chi connectivity index (χ0n) is 21.4. The minimum atomic E-state index is -1.13. The quantitative estimate of drug-likeness (QED) is 0.107. The van der Waals surface area contributed by atoms with Crippen molar-refractivity contribution in [3.8, 4) is 0 Å². The zero-order chi connectivity index (χ0) is 26.8. The standard InChI is InChI=1S/C23H46N6O5S/c1-15(2)14-16(26)20(30)27-17(8-4-6-11-24)21(31)28-18(9-5-7-12-25)22(32)29-19(23(33)34)10-13-35-3/h15-19H,4-14,24-26H2,1-3H3,(H,27,30)(H,28,31)(H,29,32)(H,33,34). The van der Waals surface area contributed by atoms with Gasteiger partial charge in [0.2, 0.25) is 17.7 Å². The first-order chi connectivity index (χ1) is 16.6. The Balaban J connectivity index is 5.48. The van der Waals surface area contributed by atoms with Crippen molar-refractivity contribution >= 4 is 35.5 Å². The molecule has 0 aromatic carbocycles. The van der Waals surface area contributed by atoms with Gasteiger partial charge in [0.1, 0.15) is 18.1 Å². The van der Waals surface area contributed by atoms with Crippen molar-refractivity contribution < 1.29 is 24.3 Å². The molecule has 0 saturated carbocycles. The molecule has 0 bridgehead atoms. The number of hydrogen-bond donors (Lipinski definition) is 7. The molecular formula is C23H46N6O5S. The van der Waals surface area contributed by atoms with Crippen LogP contribution in [0.5, 0.6) is 0 Å². The van der Waals surface area contributed by atoms with Crippen molar-refractivity contribution in [3.05, 3.63) is 0 Å². The number of carboxylic acids is 1. The molecule has 0 saturated heterocycles. The first kappa shape index (κ1) is 33.1. The lowest BCUT2D eigenvalue weighted by Crippen LogP contribution is -2.57. The predicted molar refractivity (Wildman–Crippen MR) is 140 cm³/mol. The predicted octanol–water partition coefficient (Wildman–Crippen LogP) is -0.0901. The van der Waals surface area contributed by atoms with Gasteiger partial charge in [0.25, 0.3) is 0 Å². The summed E-state index contributed by atoms with van der Waals surface area (Å²) < 4.78 is 0. The topological polar surface area (TPSA) is 203 Å². The number of hydrogen-bond acceptors (Lipinski definition) is 8. The maximum Gasteiger partial charge on any atom is 0.326 e. The number of carbonyl (C=O) groups excluding carboxylic acids is 3. The highest BCUT2D eigenvalue weighted by atomic mass is 32.2. The van der Waals surface area contributed by atoms with E-state index in [9.17, 15) is 24.3 Å². The molecular weight excluding hydrogens is 472 g/mol. The van der Waals surface area contributed by atoms with E-state index in [-0.39, 0.29) is 12.3 Å². The molecule has 12 heteroatoms. The van der Waals surface area contributed by atoms with Crippen LogP contribution in [0.4, 0.5) is 0 Å². The molecule has 10 N–H and O–H groups in total. The number of carboxylic acid groups (broad SMARTS) is 1. The van der Waals surface area contributed by atoms with E-state index in [2.05, 4.69) is 16.0 Å². The van der Waals surface area contributed by atoms with Crippen molar-refractivity contribution in [2.24, 2.45) is 23.1 Å². The van der Waals surface area contributed by atoms with Gasteiger partial charge in [0.15, 0.2) is 0 Å². The monoisotopic (exact) mass is 518 g/mol. The molecule has 4 atom stereocenters.